The predicted molar refractivity (Wildman–Crippen MR) is 80.2 cm³/mol. The van der Waals surface area contributed by atoms with Gasteiger partial charge in [0.1, 0.15) is 6.17 Å². The molecule has 5 heteroatoms. The monoisotopic (exact) mass is 305 g/mol. The molecule has 1 unspecified atom stereocenters. The highest BCUT2D eigenvalue weighted by atomic mass is 19.1. The third-order valence-electron chi connectivity index (χ3n) is 3.94. The number of amides is 1. The Labute approximate surface area is 129 Å². The molecule has 1 aromatic rings. The Morgan fingerprint density at radius 3 is 2.64 bits per heavy atom. The van der Waals surface area contributed by atoms with Crippen molar-refractivity contribution in [1.82, 2.24) is 5.48 Å². The zero-order valence-electron chi connectivity index (χ0n) is 12.6. The lowest BCUT2D eigenvalue weighted by atomic mass is 9.98. The number of rotatable bonds is 6. The van der Waals surface area contributed by atoms with Crippen LogP contribution in [0.2, 0.25) is 0 Å². The van der Waals surface area contributed by atoms with Crippen LogP contribution in [-0.2, 0) is 9.57 Å². The van der Waals surface area contributed by atoms with Gasteiger partial charge >= 0.3 is 0 Å². The fraction of sp³-hybridized carbons (Fsp3) is 0.471. The number of hydroxylamine groups is 1. The lowest BCUT2D eigenvalue weighted by Gasteiger charge is -2.28. The molecule has 1 amide bonds. The summed E-state index contributed by atoms with van der Waals surface area (Å²) < 4.78 is 17.8. The van der Waals surface area contributed by atoms with Crippen LogP contribution in [0.25, 0.3) is 0 Å². The van der Waals surface area contributed by atoms with Crippen LogP contribution in [0.1, 0.15) is 42.5 Å². The third-order valence-corrected chi connectivity index (χ3v) is 3.94. The predicted octanol–water partition coefficient (Wildman–Crippen LogP) is 3.20. The smallest absolute Gasteiger partial charge is 0.274 e. The maximum Gasteiger partial charge on any atom is 0.274 e. The Kier molecular flexibility index (Phi) is 5.93. The number of halogens is 1. The highest BCUT2D eigenvalue weighted by molar-refractivity contribution is 5.93. The van der Waals surface area contributed by atoms with Crippen molar-refractivity contribution in [1.29, 1.82) is 0 Å². The normalized spacial score (nSPS) is 17.4. The highest BCUT2D eigenvalue weighted by Gasteiger charge is 2.35. The molecule has 0 radical (unpaired) electrons. The molecule has 0 aliphatic heterocycles. The first-order valence-corrected chi connectivity index (χ1v) is 7.40. The van der Waals surface area contributed by atoms with Gasteiger partial charge in [0, 0.05) is 19.1 Å². The topological polar surface area (TPSA) is 47.6 Å². The zero-order valence-corrected chi connectivity index (χ0v) is 12.6. The van der Waals surface area contributed by atoms with Crippen LogP contribution in [0.15, 0.2) is 30.3 Å². The summed E-state index contributed by atoms with van der Waals surface area (Å²) in [6, 6.07) is 8.62. The molecule has 1 N–H and O–H groups in total. The quantitative estimate of drug-likeness (QED) is 0.499. The molecule has 1 atom stereocenters. The van der Waals surface area contributed by atoms with Gasteiger partial charge in [-0.1, -0.05) is 43.9 Å². The Bertz CT molecular complexity index is 546. The van der Waals surface area contributed by atoms with Gasteiger partial charge < -0.3 is 4.74 Å². The molecule has 0 aromatic heterocycles. The fourth-order valence-electron chi connectivity index (χ4n) is 2.74. The van der Waals surface area contributed by atoms with E-state index in [0.717, 1.165) is 25.7 Å². The second-order valence-electron chi connectivity index (χ2n) is 5.43. The molecule has 0 bridgehead atoms. The lowest BCUT2D eigenvalue weighted by molar-refractivity contribution is -0.216. The standard InChI is InChI=1S/C17H20FNO3/c1-21-17(11-12-18,13-14-7-5-6-8-14)22-19-16(20)15-9-3-2-4-10-15/h2-4,9-10,14H,5-8,13H2,1H3,(H,19,20). The molecular weight excluding hydrogens is 285 g/mol. The summed E-state index contributed by atoms with van der Waals surface area (Å²) in [7, 11) is 1.40. The maximum absolute atomic E-state index is 12.6. The van der Waals surface area contributed by atoms with Crippen molar-refractivity contribution in [3.05, 3.63) is 35.9 Å². The van der Waals surface area contributed by atoms with Gasteiger partial charge in [0.15, 0.2) is 0 Å². The molecule has 1 aliphatic carbocycles. The van der Waals surface area contributed by atoms with E-state index in [-0.39, 0.29) is 0 Å². The number of hydrogen-bond donors (Lipinski definition) is 1. The van der Waals surface area contributed by atoms with Gasteiger partial charge in [-0.3, -0.25) is 4.79 Å². The Hall–Kier alpha value is -1.90. The van der Waals surface area contributed by atoms with E-state index in [4.69, 9.17) is 9.57 Å². The van der Waals surface area contributed by atoms with Crippen LogP contribution in [0.5, 0.6) is 0 Å². The molecule has 1 saturated carbocycles. The van der Waals surface area contributed by atoms with Crippen molar-refractivity contribution >= 4 is 5.91 Å². The van der Waals surface area contributed by atoms with Crippen molar-refractivity contribution in [2.24, 2.45) is 5.92 Å². The minimum absolute atomic E-state index is 0.356. The number of ether oxygens (including phenoxy) is 1. The summed E-state index contributed by atoms with van der Waals surface area (Å²) >= 11 is 0. The van der Waals surface area contributed by atoms with Crippen LogP contribution >= 0.6 is 0 Å². The van der Waals surface area contributed by atoms with Gasteiger partial charge in [-0.15, -0.1) is 4.39 Å². The Morgan fingerprint density at radius 1 is 1.36 bits per heavy atom. The van der Waals surface area contributed by atoms with E-state index in [1.165, 1.54) is 13.3 Å². The molecule has 1 fully saturated rings. The average molecular weight is 305 g/mol. The van der Waals surface area contributed by atoms with E-state index >= 15 is 0 Å². The summed E-state index contributed by atoms with van der Waals surface area (Å²) in [5.41, 5.74) is 2.76. The van der Waals surface area contributed by atoms with Gasteiger partial charge in [0.05, 0.1) is 0 Å². The van der Waals surface area contributed by atoms with Crippen LogP contribution in [-0.4, -0.2) is 18.8 Å². The molecule has 0 spiro atoms. The molecule has 0 heterocycles. The number of hydrogen-bond acceptors (Lipinski definition) is 3. The van der Waals surface area contributed by atoms with Crippen molar-refractivity contribution in [2.45, 2.75) is 37.9 Å². The van der Waals surface area contributed by atoms with E-state index in [1.54, 1.807) is 24.3 Å². The van der Waals surface area contributed by atoms with Crippen LogP contribution in [0.4, 0.5) is 4.39 Å². The lowest BCUT2D eigenvalue weighted by Crippen LogP contribution is -2.42. The minimum atomic E-state index is -1.45. The molecule has 1 aliphatic rings. The molecule has 0 saturated heterocycles. The number of nitrogens with one attached hydrogen (secondary N) is 1. The minimum Gasteiger partial charge on any atom is -0.341 e. The maximum atomic E-state index is 12.6. The van der Waals surface area contributed by atoms with Crippen molar-refractivity contribution < 1.29 is 18.8 Å². The molecule has 1 aromatic carbocycles. The molecule has 4 nitrogen and oxygen atoms in total. The van der Waals surface area contributed by atoms with E-state index in [1.807, 2.05) is 6.07 Å². The average Bonchev–Trinajstić information content (AvgIpc) is 3.06. The van der Waals surface area contributed by atoms with Crippen LogP contribution in [0, 0.1) is 18.0 Å². The van der Waals surface area contributed by atoms with E-state index in [0.29, 0.717) is 17.9 Å². The molecular formula is C17H20FNO3. The second-order valence-corrected chi connectivity index (χ2v) is 5.43. The van der Waals surface area contributed by atoms with Crippen LogP contribution in [0.3, 0.4) is 0 Å². The first-order chi connectivity index (χ1) is 10.7. The summed E-state index contributed by atoms with van der Waals surface area (Å²) in [6.07, 6.45) is 6.13. The number of carbonyl (C=O) groups excluding carboxylic acids is 1. The van der Waals surface area contributed by atoms with E-state index in [2.05, 4.69) is 11.4 Å². The van der Waals surface area contributed by atoms with E-state index in [9.17, 15) is 9.18 Å². The highest BCUT2D eigenvalue weighted by Crippen LogP contribution is 2.33. The van der Waals surface area contributed by atoms with Gasteiger partial charge in [0.25, 0.3) is 11.7 Å². The van der Waals surface area contributed by atoms with Gasteiger partial charge in [-0.2, -0.15) is 0 Å². The Balaban J connectivity index is 2.02. The first-order valence-electron chi connectivity index (χ1n) is 7.40. The SMILES string of the molecule is COC(C#CF)(CC1CCCC1)ONC(=O)c1ccccc1. The summed E-state index contributed by atoms with van der Waals surface area (Å²) in [5, 5.41) is 0. The van der Waals surface area contributed by atoms with Gasteiger partial charge in [-0.25, -0.2) is 10.3 Å². The summed E-state index contributed by atoms with van der Waals surface area (Å²) in [6.45, 7) is 0. The molecule has 22 heavy (non-hydrogen) atoms. The summed E-state index contributed by atoms with van der Waals surface area (Å²) in [4.78, 5) is 17.4. The second kappa shape index (κ2) is 7.92. The van der Waals surface area contributed by atoms with Crippen molar-refractivity contribution in [3.8, 4) is 12.1 Å². The first kappa shape index (κ1) is 16.5. The van der Waals surface area contributed by atoms with Crippen molar-refractivity contribution in [2.75, 3.05) is 7.11 Å². The van der Waals surface area contributed by atoms with E-state index < -0.39 is 11.7 Å². The fourth-order valence-corrected chi connectivity index (χ4v) is 2.74. The largest absolute Gasteiger partial charge is 0.341 e. The van der Waals surface area contributed by atoms with Gasteiger partial charge in [-0.05, 0) is 24.0 Å². The third kappa shape index (κ3) is 4.30. The number of benzene rings is 1. The van der Waals surface area contributed by atoms with Crippen molar-refractivity contribution in [3.63, 3.8) is 0 Å². The zero-order chi connectivity index (χ0) is 15.8. The number of carbonyl (C=O) groups is 1. The number of methoxy groups -OCH3 is 1. The van der Waals surface area contributed by atoms with Gasteiger partial charge in [0.2, 0.25) is 0 Å². The molecule has 2 rings (SSSR count). The molecule has 118 valence electrons. The Morgan fingerprint density at radius 2 is 2.05 bits per heavy atom. The summed E-state index contributed by atoms with van der Waals surface area (Å²) in [5.74, 6) is 0.787. The van der Waals surface area contributed by atoms with Crippen LogP contribution < -0.4 is 5.48 Å².